The highest BCUT2D eigenvalue weighted by Gasteiger charge is 2.35. The van der Waals surface area contributed by atoms with Crippen molar-refractivity contribution in [1.82, 2.24) is 9.97 Å². The van der Waals surface area contributed by atoms with Gasteiger partial charge in [0.15, 0.2) is 0 Å². The minimum atomic E-state index is -4.38. The van der Waals surface area contributed by atoms with E-state index in [-0.39, 0.29) is 6.04 Å². The molecule has 2 aromatic heterocycles. The van der Waals surface area contributed by atoms with Crippen molar-refractivity contribution in [2.75, 3.05) is 5.32 Å². The molecule has 3 aromatic rings. The number of alkyl halides is 3. The molecule has 2 N–H and O–H groups in total. The molecule has 0 unspecified atom stereocenters. The number of nitrogens with one attached hydrogen (secondary N) is 1. The summed E-state index contributed by atoms with van der Waals surface area (Å²) < 4.78 is 40.1. The number of hydrogen-bond donors (Lipinski definition) is 2. The Hall–Kier alpha value is -2.19. The summed E-state index contributed by atoms with van der Waals surface area (Å²) in [6, 6.07) is 6.87. The lowest BCUT2D eigenvalue weighted by molar-refractivity contribution is -0.137. The number of anilines is 1. The third-order valence-electron chi connectivity index (χ3n) is 6.11. The molecular weight excluding hydrogens is 423 g/mol. The van der Waals surface area contributed by atoms with Crippen LogP contribution in [0.2, 0.25) is 0 Å². The van der Waals surface area contributed by atoms with Gasteiger partial charge in [-0.15, -0.1) is 11.3 Å². The number of hydrogen-bond acceptors (Lipinski definition) is 5. The Morgan fingerprint density at radius 2 is 1.90 bits per heavy atom. The predicted octanol–water partition coefficient (Wildman–Crippen LogP) is 6.59. The van der Waals surface area contributed by atoms with Gasteiger partial charge in [-0.25, -0.2) is 9.97 Å². The van der Waals surface area contributed by atoms with Crippen molar-refractivity contribution in [1.29, 1.82) is 0 Å². The van der Waals surface area contributed by atoms with Crippen molar-refractivity contribution in [2.45, 2.75) is 64.3 Å². The van der Waals surface area contributed by atoms with E-state index in [1.165, 1.54) is 17.4 Å². The molecule has 4 nitrogen and oxygen atoms in total. The smallest absolute Gasteiger partial charge is 0.384 e. The largest absolute Gasteiger partial charge is 0.416 e. The van der Waals surface area contributed by atoms with Crippen molar-refractivity contribution in [3.05, 3.63) is 52.2 Å². The molecule has 0 spiro atoms. The molecule has 1 aliphatic rings. The van der Waals surface area contributed by atoms with E-state index < -0.39 is 17.3 Å². The molecule has 4 rings (SSSR count). The van der Waals surface area contributed by atoms with E-state index in [1.807, 2.05) is 13.0 Å². The van der Waals surface area contributed by atoms with Crippen molar-refractivity contribution < 1.29 is 18.3 Å². The summed E-state index contributed by atoms with van der Waals surface area (Å²) in [6.45, 7) is 5.80. The maximum atomic E-state index is 13.1. The number of aryl methyl sites for hydroxylation is 1. The first-order valence-electron chi connectivity index (χ1n) is 10.5. The Kier molecular flexibility index (Phi) is 5.72. The lowest BCUT2D eigenvalue weighted by Crippen LogP contribution is -2.29. The van der Waals surface area contributed by atoms with E-state index in [0.717, 1.165) is 52.9 Å². The number of thiophene rings is 1. The lowest BCUT2D eigenvalue weighted by atomic mass is 9.79. The number of benzene rings is 1. The summed E-state index contributed by atoms with van der Waals surface area (Å²) in [5.41, 5.74) is -0.251. The average molecular weight is 450 g/mol. The monoisotopic (exact) mass is 449 g/mol. The molecule has 166 valence electrons. The van der Waals surface area contributed by atoms with E-state index in [4.69, 9.17) is 0 Å². The molecule has 8 heteroatoms. The van der Waals surface area contributed by atoms with E-state index in [9.17, 15) is 18.3 Å². The van der Waals surface area contributed by atoms with Crippen LogP contribution in [0.5, 0.6) is 0 Å². The number of halogens is 3. The lowest BCUT2D eigenvalue weighted by Gasteiger charge is -2.34. The highest BCUT2D eigenvalue weighted by Crippen LogP contribution is 2.44. The van der Waals surface area contributed by atoms with Gasteiger partial charge in [0.2, 0.25) is 0 Å². The fourth-order valence-corrected chi connectivity index (χ4v) is 5.33. The normalized spacial score (nSPS) is 23.1. The van der Waals surface area contributed by atoms with Crippen molar-refractivity contribution in [3.8, 4) is 0 Å². The van der Waals surface area contributed by atoms with Gasteiger partial charge in [0.25, 0.3) is 0 Å². The first-order chi connectivity index (χ1) is 14.5. The highest BCUT2D eigenvalue weighted by atomic mass is 32.1. The summed E-state index contributed by atoms with van der Waals surface area (Å²) in [5.74, 6) is 1.76. The highest BCUT2D eigenvalue weighted by molar-refractivity contribution is 7.19. The minimum absolute atomic E-state index is 0.385. The van der Waals surface area contributed by atoms with Crippen LogP contribution in [0.4, 0.5) is 19.0 Å². The zero-order chi connectivity index (χ0) is 22.4. The van der Waals surface area contributed by atoms with Gasteiger partial charge in [0, 0.05) is 4.88 Å². The molecule has 1 saturated carbocycles. The van der Waals surface area contributed by atoms with Crippen LogP contribution >= 0.6 is 11.3 Å². The average Bonchev–Trinajstić information content (AvgIpc) is 3.15. The van der Waals surface area contributed by atoms with E-state index in [1.54, 1.807) is 13.0 Å². The second-order valence-corrected chi connectivity index (χ2v) is 9.70. The Labute approximate surface area is 183 Å². The van der Waals surface area contributed by atoms with Gasteiger partial charge >= 0.3 is 6.18 Å². The molecule has 1 aromatic carbocycles. The Morgan fingerprint density at radius 1 is 1.19 bits per heavy atom. The van der Waals surface area contributed by atoms with Crippen LogP contribution in [0.25, 0.3) is 10.2 Å². The molecule has 0 bridgehead atoms. The second-order valence-electron chi connectivity index (χ2n) is 8.65. The van der Waals surface area contributed by atoms with E-state index in [2.05, 4.69) is 22.2 Å². The molecule has 0 aliphatic heterocycles. The van der Waals surface area contributed by atoms with Crippen LogP contribution in [-0.2, 0) is 11.8 Å². The molecule has 0 amide bonds. The molecule has 1 aliphatic carbocycles. The number of rotatable bonds is 4. The number of fused-ring (bicyclic) bond motifs is 1. The van der Waals surface area contributed by atoms with Gasteiger partial charge in [0.05, 0.1) is 27.4 Å². The SMILES string of the molecule is Cc1nc(N[C@H](C)c2cccc(C(F)(F)F)c2)c2sc([C@]3(O)CC[C@H](C)CC3)cc2n1. The van der Waals surface area contributed by atoms with Gasteiger partial charge in [0.1, 0.15) is 11.6 Å². The van der Waals surface area contributed by atoms with Gasteiger partial charge in [-0.3, -0.25) is 0 Å². The zero-order valence-corrected chi connectivity index (χ0v) is 18.6. The number of nitrogens with zero attached hydrogens (tertiary/aromatic N) is 2. The summed E-state index contributed by atoms with van der Waals surface area (Å²) in [5, 5.41) is 14.5. The van der Waals surface area contributed by atoms with Crippen LogP contribution in [0.1, 0.15) is 67.4 Å². The van der Waals surface area contributed by atoms with Crippen LogP contribution in [0.3, 0.4) is 0 Å². The third kappa shape index (κ3) is 4.55. The molecule has 0 saturated heterocycles. The third-order valence-corrected chi connectivity index (χ3v) is 7.44. The molecule has 1 atom stereocenters. The van der Waals surface area contributed by atoms with Gasteiger partial charge in [-0.1, -0.05) is 19.1 Å². The maximum Gasteiger partial charge on any atom is 0.416 e. The first kappa shape index (κ1) is 22.0. The molecule has 1 fully saturated rings. The number of aliphatic hydroxyl groups is 1. The summed E-state index contributed by atoms with van der Waals surface area (Å²) in [7, 11) is 0. The van der Waals surface area contributed by atoms with Gasteiger partial charge in [-0.05, 0) is 69.2 Å². The van der Waals surface area contributed by atoms with Crippen LogP contribution in [-0.4, -0.2) is 15.1 Å². The maximum absolute atomic E-state index is 13.1. The van der Waals surface area contributed by atoms with Crippen molar-refractivity contribution >= 4 is 27.4 Å². The van der Waals surface area contributed by atoms with Crippen molar-refractivity contribution in [3.63, 3.8) is 0 Å². The number of aromatic nitrogens is 2. The predicted molar refractivity (Wildman–Crippen MR) is 117 cm³/mol. The van der Waals surface area contributed by atoms with Gasteiger partial charge in [-0.2, -0.15) is 13.2 Å². The molecular formula is C23H26F3N3OS. The zero-order valence-electron chi connectivity index (χ0n) is 17.8. The Balaban J connectivity index is 1.66. The van der Waals surface area contributed by atoms with Crippen LogP contribution < -0.4 is 5.32 Å². The molecule has 0 radical (unpaired) electrons. The topological polar surface area (TPSA) is 58.0 Å². The standard InChI is InChI=1S/C23H26F3N3OS/c1-13-7-9-22(30,10-8-13)19-12-18-20(31-19)21(29-15(3)28-18)27-14(2)16-5-4-6-17(11-16)23(24,25)26/h4-6,11-14,30H,7-10H2,1-3H3,(H,27,28,29)/t13-,14-,22-/m1/s1. The first-order valence-corrected chi connectivity index (χ1v) is 11.3. The molecule has 2 heterocycles. The van der Waals surface area contributed by atoms with Crippen LogP contribution in [0.15, 0.2) is 30.3 Å². The minimum Gasteiger partial charge on any atom is -0.384 e. The quantitative estimate of drug-likeness (QED) is 0.472. The van der Waals surface area contributed by atoms with Crippen LogP contribution in [0, 0.1) is 12.8 Å². The van der Waals surface area contributed by atoms with E-state index in [0.29, 0.717) is 23.1 Å². The summed E-state index contributed by atoms with van der Waals surface area (Å²) in [6.07, 6.45) is -0.988. The Bertz CT molecular complexity index is 1090. The van der Waals surface area contributed by atoms with Crippen molar-refractivity contribution in [2.24, 2.45) is 5.92 Å². The second kappa shape index (κ2) is 8.06. The van der Waals surface area contributed by atoms with Gasteiger partial charge < -0.3 is 10.4 Å². The Morgan fingerprint density at radius 3 is 2.58 bits per heavy atom. The summed E-state index contributed by atoms with van der Waals surface area (Å²) in [4.78, 5) is 9.92. The summed E-state index contributed by atoms with van der Waals surface area (Å²) >= 11 is 1.47. The fraction of sp³-hybridized carbons (Fsp3) is 0.478. The van der Waals surface area contributed by atoms with E-state index >= 15 is 0 Å². The fourth-order valence-electron chi connectivity index (χ4n) is 4.13. The molecule has 31 heavy (non-hydrogen) atoms.